The molecule has 2 aliphatic rings. The fourth-order valence-corrected chi connectivity index (χ4v) is 4.86. The van der Waals surface area contributed by atoms with Gasteiger partial charge in [0.1, 0.15) is 0 Å². The molecule has 1 nitrogen and oxygen atoms in total. The Hall–Kier alpha value is -0.820. The van der Waals surface area contributed by atoms with Crippen molar-refractivity contribution < 1.29 is 0 Å². The predicted molar refractivity (Wildman–Crippen MR) is 85.9 cm³/mol. The van der Waals surface area contributed by atoms with Crippen LogP contribution in [0.25, 0.3) is 0 Å². The molecule has 0 amide bonds. The summed E-state index contributed by atoms with van der Waals surface area (Å²) in [5.74, 6) is 2.74. The van der Waals surface area contributed by atoms with Crippen LogP contribution in [-0.2, 0) is 12.8 Å². The zero-order valence-electron chi connectivity index (χ0n) is 13.1. The van der Waals surface area contributed by atoms with E-state index in [1.165, 1.54) is 38.5 Å². The average molecular weight is 271 g/mol. The minimum atomic E-state index is 0.747. The van der Waals surface area contributed by atoms with Crippen LogP contribution >= 0.6 is 0 Å². The van der Waals surface area contributed by atoms with Crippen molar-refractivity contribution in [3.63, 3.8) is 0 Å². The summed E-state index contributed by atoms with van der Waals surface area (Å²) in [4.78, 5) is 0. The maximum absolute atomic E-state index is 3.81. The molecule has 2 bridgehead atoms. The largest absolute Gasteiger partial charge is 0.314 e. The van der Waals surface area contributed by atoms with Crippen molar-refractivity contribution in [1.82, 2.24) is 5.32 Å². The molecule has 1 fully saturated rings. The molecule has 1 aromatic carbocycles. The van der Waals surface area contributed by atoms with Crippen LogP contribution in [0.5, 0.6) is 0 Å². The van der Waals surface area contributed by atoms with Crippen molar-refractivity contribution in [3.8, 4) is 0 Å². The van der Waals surface area contributed by atoms with Gasteiger partial charge in [0, 0.05) is 6.04 Å². The summed E-state index contributed by atoms with van der Waals surface area (Å²) in [6.07, 6.45) is 8.21. The highest BCUT2D eigenvalue weighted by Crippen LogP contribution is 2.46. The van der Waals surface area contributed by atoms with Gasteiger partial charge in [-0.05, 0) is 67.5 Å². The molecule has 3 atom stereocenters. The molecule has 1 saturated carbocycles. The standard InChI is InChI=1S/C19H29N/c1-3-7-18(20-4-2)19-16-10-11-17(19)13-15-9-6-5-8-14(15)12-16/h5-6,8-9,16-20H,3-4,7,10-13H2,1-2H3. The number of nitrogens with one attached hydrogen (secondary N) is 1. The molecule has 20 heavy (non-hydrogen) atoms. The van der Waals surface area contributed by atoms with Gasteiger partial charge in [0.15, 0.2) is 0 Å². The first kappa shape index (κ1) is 14.1. The number of hydrogen-bond donors (Lipinski definition) is 1. The van der Waals surface area contributed by atoms with Crippen molar-refractivity contribution in [2.75, 3.05) is 6.54 Å². The van der Waals surface area contributed by atoms with Crippen LogP contribution in [0.3, 0.4) is 0 Å². The van der Waals surface area contributed by atoms with Crippen molar-refractivity contribution in [1.29, 1.82) is 0 Å². The molecular formula is C19H29N. The molecule has 0 heterocycles. The highest BCUT2D eigenvalue weighted by atomic mass is 14.9. The van der Waals surface area contributed by atoms with E-state index in [9.17, 15) is 0 Å². The lowest BCUT2D eigenvalue weighted by atomic mass is 9.80. The quantitative estimate of drug-likeness (QED) is 0.846. The third kappa shape index (κ3) is 2.65. The van der Waals surface area contributed by atoms with E-state index in [-0.39, 0.29) is 0 Å². The Labute approximate surface area is 124 Å². The van der Waals surface area contributed by atoms with Crippen LogP contribution in [0.15, 0.2) is 24.3 Å². The molecular weight excluding hydrogens is 242 g/mol. The van der Waals surface area contributed by atoms with Gasteiger partial charge < -0.3 is 5.32 Å². The smallest absolute Gasteiger partial charge is 0.0101 e. The molecule has 0 radical (unpaired) electrons. The maximum atomic E-state index is 3.81. The molecule has 110 valence electrons. The highest BCUT2D eigenvalue weighted by Gasteiger charge is 2.42. The lowest BCUT2D eigenvalue weighted by molar-refractivity contribution is 0.222. The van der Waals surface area contributed by atoms with Crippen LogP contribution in [-0.4, -0.2) is 12.6 Å². The molecule has 3 rings (SSSR count). The van der Waals surface area contributed by atoms with E-state index in [2.05, 4.69) is 43.4 Å². The van der Waals surface area contributed by atoms with Crippen LogP contribution in [0.1, 0.15) is 50.7 Å². The second-order valence-electron chi connectivity index (χ2n) is 6.80. The van der Waals surface area contributed by atoms with Crippen molar-refractivity contribution >= 4 is 0 Å². The van der Waals surface area contributed by atoms with Gasteiger partial charge in [-0.25, -0.2) is 0 Å². The molecule has 3 unspecified atom stereocenters. The number of rotatable bonds is 5. The zero-order chi connectivity index (χ0) is 13.9. The van der Waals surface area contributed by atoms with Crippen LogP contribution in [0.4, 0.5) is 0 Å². The lowest BCUT2D eigenvalue weighted by Crippen LogP contribution is -2.40. The van der Waals surface area contributed by atoms with E-state index in [1.807, 2.05) is 0 Å². The van der Waals surface area contributed by atoms with E-state index >= 15 is 0 Å². The van der Waals surface area contributed by atoms with Crippen LogP contribution in [0, 0.1) is 17.8 Å². The summed E-state index contributed by atoms with van der Waals surface area (Å²) in [5, 5.41) is 3.81. The highest BCUT2D eigenvalue weighted by molar-refractivity contribution is 5.30. The van der Waals surface area contributed by atoms with E-state index in [0.717, 1.165) is 30.3 Å². The third-order valence-electron chi connectivity index (χ3n) is 5.61. The summed E-state index contributed by atoms with van der Waals surface area (Å²) in [5.41, 5.74) is 3.27. The second-order valence-corrected chi connectivity index (χ2v) is 6.80. The van der Waals surface area contributed by atoms with E-state index in [1.54, 1.807) is 11.1 Å². The monoisotopic (exact) mass is 271 g/mol. The Bertz CT molecular complexity index is 400. The van der Waals surface area contributed by atoms with E-state index in [0.29, 0.717) is 0 Å². The SMILES string of the molecule is CCCC(NCC)C1C2CCC1Cc1ccccc1C2. The Morgan fingerprint density at radius 3 is 2.15 bits per heavy atom. The van der Waals surface area contributed by atoms with E-state index < -0.39 is 0 Å². The lowest BCUT2D eigenvalue weighted by Gasteiger charge is -2.32. The maximum Gasteiger partial charge on any atom is 0.0101 e. The van der Waals surface area contributed by atoms with Gasteiger partial charge >= 0.3 is 0 Å². The minimum Gasteiger partial charge on any atom is -0.314 e. The normalized spacial score (nSPS) is 29.8. The minimum absolute atomic E-state index is 0.747. The third-order valence-corrected chi connectivity index (χ3v) is 5.61. The molecule has 0 spiro atoms. The van der Waals surface area contributed by atoms with Crippen LogP contribution in [0.2, 0.25) is 0 Å². The fraction of sp³-hybridized carbons (Fsp3) is 0.684. The Kier molecular flexibility index (Phi) is 4.45. The summed E-state index contributed by atoms with van der Waals surface area (Å²) < 4.78 is 0. The van der Waals surface area contributed by atoms with Gasteiger partial charge in [-0.1, -0.05) is 44.5 Å². The first-order valence-electron chi connectivity index (χ1n) is 8.63. The van der Waals surface area contributed by atoms with Gasteiger partial charge in [0.2, 0.25) is 0 Å². The van der Waals surface area contributed by atoms with Gasteiger partial charge in [0.25, 0.3) is 0 Å². The first-order chi connectivity index (χ1) is 9.83. The molecule has 0 saturated heterocycles. The van der Waals surface area contributed by atoms with Crippen molar-refractivity contribution in [3.05, 3.63) is 35.4 Å². The summed E-state index contributed by atoms with van der Waals surface area (Å²) in [7, 11) is 0. The Morgan fingerprint density at radius 1 is 1.05 bits per heavy atom. The van der Waals surface area contributed by atoms with Gasteiger partial charge in [-0.2, -0.15) is 0 Å². The number of fused-ring (bicyclic) bond motifs is 3. The molecule has 0 aliphatic heterocycles. The van der Waals surface area contributed by atoms with Gasteiger partial charge in [0.05, 0.1) is 0 Å². The molecule has 1 N–H and O–H groups in total. The Morgan fingerprint density at radius 2 is 1.65 bits per heavy atom. The summed E-state index contributed by atoms with van der Waals surface area (Å²) in [6.45, 7) is 5.71. The van der Waals surface area contributed by atoms with Crippen LogP contribution < -0.4 is 5.32 Å². The van der Waals surface area contributed by atoms with Gasteiger partial charge in [-0.3, -0.25) is 0 Å². The second kappa shape index (κ2) is 6.30. The topological polar surface area (TPSA) is 12.0 Å². The molecule has 2 aliphatic carbocycles. The first-order valence-corrected chi connectivity index (χ1v) is 8.63. The zero-order valence-corrected chi connectivity index (χ0v) is 13.1. The van der Waals surface area contributed by atoms with E-state index in [4.69, 9.17) is 0 Å². The van der Waals surface area contributed by atoms with Crippen molar-refractivity contribution in [2.24, 2.45) is 17.8 Å². The predicted octanol–water partition coefficient (Wildman–Crippen LogP) is 4.21. The number of benzene rings is 1. The molecule has 1 heteroatoms. The molecule has 0 aromatic heterocycles. The molecule has 1 aromatic rings. The fourth-order valence-electron chi connectivity index (χ4n) is 4.86. The average Bonchev–Trinajstić information content (AvgIpc) is 2.74. The van der Waals surface area contributed by atoms with Gasteiger partial charge in [-0.15, -0.1) is 0 Å². The summed E-state index contributed by atoms with van der Waals surface area (Å²) >= 11 is 0. The summed E-state index contributed by atoms with van der Waals surface area (Å²) in [6, 6.07) is 9.93. The van der Waals surface area contributed by atoms with Crippen molar-refractivity contribution in [2.45, 2.75) is 58.4 Å². The number of hydrogen-bond acceptors (Lipinski definition) is 1. The Balaban J connectivity index is 1.84.